The summed E-state index contributed by atoms with van der Waals surface area (Å²) in [6, 6.07) is 6.25. The van der Waals surface area contributed by atoms with Crippen molar-refractivity contribution >= 4 is 5.91 Å². The van der Waals surface area contributed by atoms with Gasteiger partial charge in [-0.15, -0.1) is 0 Å². The van der Waals surface area contributed by atoms with Gasteiger partial charge in [0.05, 0.1) is 12.2 Å². The van der Waals surface area contributed by atoms with Crippen LogP contribution in [0.2, 0.25) is 0 Å². The van der Waals surface area contributed by atoms with Gasteiger partial charge in [0.25, 0.3) is 5.91 Å². The first kappa shape index (κ1) is 13.6. The maximum absolute atomic E-state index is 12.6. The fraction of sp³-hybridized carbons (Fsp3) is 0.588. The quantitative estimate of drug-likeness (QED) is 0.787. The van der Waals surface area contributed by atoms with Crippen LogP contribution in [0.25, 0.3) is 0 Å². The highest BCUT2D eigenvalue weighted by Gasteiger charge is 2.30. The minimum atomic E-state index is -0.234. The lowest BCUT2D eigenvalue weighted by molar-refractivity contribution is -0.0764. The molecule has 1 aliphatic heterocycles. The second-order valence-corrected chi connectivity index (χ2v) is 6.53. The molecular formula is C17H23NO2. The Balaban J connectivity index is 1.80. The summed E-state index contributed by atoms with van der Waals surface area (Å²) in [6.07, 6.45) is 4.80. The lowest BCUT2D eigenvalue weighted by Gasteiger charge is -2.38. The Labute approximate surface area is 120 Å². The van der Waals surface area contributed by atoms with Crippen molar-refractivity contribution in [2.45, 2.75) is 45.1 Å². The first-order valence-electron chi connectivity index (χ1n) is 7.60. The van der Waals surface area contributed by atoms with Gasteiger partial charge in [-0.2, -0.15) is 0 Å². The Morgan fingerprint density at radius 2 is 1.95 bits per heavy atom. The predicted molar refractivity (Wildman–Crippen MR) is 79.0 cm³/mol. The van der Waals surface area contributed by atoms with E-state index in [0.29, 0.717) is 19.7 Å². The molecule has 20 heavy (non-hydrogen) atoms. The topological polar surface area (TPSA) is 29.5 Å². The van der Waals surface area contributed by atoms with Crippen molar-refractivity contribution in [1.82, 2.24) is 4.90 Å². The zero-order chi connectivity index (χ0) is 14.2. The summed E-state index contributed by atoms with van der Waals surface area (Å²) < 4.78 is 5.68. The van der Waals surface area contributed by atoms with E-state index in [4.69, 9.17) is 4.74 Å². The molecule has 1 aliphatic carbocycles. The van der Waals surface area contributed by atoms with E-state index in [1.54, 1.807) is 0 Å². The fourth-order valence-corrected chi connectivity index (χ4v) is 3.24. The number of rotatable bonds is 1. The van der Waals surface area contributed by atoms with E-state index in [9.17, 15) is 4.79 Å². The zero-order valence-electron chi connectivity index (χ0n) is 12.4. The van der Waals surface area contributed by atoms with Crippen LogP contribution in [0.3, 0.4) is 0 Å². The van der Waals surface area contributed by atoms with E-state index in [2.05, 4.69) is 12.1 Å². The number of hydrogen-bond acceptors (Lipinski definition) is 2. The Kier molecular flexibility index (Phi) is 3.55. The van der Waals surface area contributed by atoms with Crippen LogP contribution < -0.4 is 0 Å². The van der Waals surface area contributed by atoms with E-state index >= 15 is 0 Å². The minimum absolute atomic E-state index is 0.148. The third-order valence-corrected chi connectivity index (χ3v) is 4.31. The van der Waals surface area contributed by atoms with Crippen molar-refractivity contribution in [2.75, 3.05) is 19.7 Å². The average molecular weight is 273 g/mol. The van der Waals surface area contributed by atoms with E-state index in [1.165, 1.54) is 24.0 Å². The third kappa shape index (κ3) is 2.73. The normalized spacial score (nSPS) is 21.4. The second-order valence-electron chi connectivity index (χ2n) is 6.53. The Morgan fingerprint density at radius 1 is 1.20 bits per heavy atom. The largest absolute Gasteiger partial charge is 0.372 e. The molecule has 1 heterocycles. The summed E-state index contributed by atoms with van der Waals surface area (Å²) in [7, 11) is 0. The van der Waals surface area contributed by atoms with Gasteiger partial charge in [0.2, 0.25) is 0 Å². The molecule has 0 atom stereocenters. The second kappa shape index (κ2) is 5.21. The number of nitrogens with zero attached hydrogens (tertiary/aromatic N) is 1. The predicted octanol–water partition coefficient (Wildman–Crippen LogP) is 2.82. The highest BCUT2D eigenvalue weighted by atomic mass is 16.5. The van der Waals surface area contributed by atoms with Crippen molar-refractivity contribution in [3.05, 3.63) is 34.9 Å². The van der Waals surface area contributed by atoms with Gasteiger partial charge in [-0.05, 0) is 62.8 Å². The van der Waals surface area contributed by atoms with E-state index in [-0.39, 0.29) is 11.5 Å². The highest BCUT2D eigenvalue weighted by Crippen LogP contribution is 2.24. The van der Waals surface area contributed by atoms with Gasteiger partial charge in [0.1, 0.15) is 0 Å². The highest BCUT2D eigenvalue weighted by molar-refractivity contribution is 5.94. The number of carbonyl (C=O) groups is 1. The molecular weight excluding hydrogens is 250 g/mol. The zero-order valence-corrected chi connectivity index (χ0v) is 12.4. The molecule has 1 aromatic carbocycles. The van der Waals surface area contributed by atoms with Crippen molar-refractivity contribution in [3.8, 4) is 0 Å². The van der Waals surface area contributed by atoms with Crippen LogP contribution in [0, 0.1) is 0 Å². The molecule has 3 rings (SSSR count). The molecule has 0 saturated carbocycles. The monoisotopic (exact) mass is 273 g/mol. The van der Waals surface area contributed by atoms with E-state index in [1.807, 2.05) is 24.8 Å². The molecule has 1 fully saturated rings. The van der Waals surface area contributed by atoms with Gasteiger partial charge in [-0.1, -0.05) is 6.07 Å². The summed E-state index contributed by atoms with van der Waals surface area (Å²) in [6.45, 7) is 6.07. The van der Waals surface area contributed by atoms with Crippen LogP contribution in [-0.4, -0.2) is 36.1 Å². The molecule has 0 bridgehead atoms. The number of benzene rings is 1. The van der Waals surface area contributed by atoms with E-state index in [0.717, 1.165) is 18.4 Å². The molecule has 2 aliphatic rings. The number of amides is 1. The molecule has 0 aromatic heterocycles. The van der Waals surface area contributed by atoms with Crippen LogP contribution in [0.5, 0.6) is 0 Å². The van der Waals surface area contributed by atoms with Crippen LogP contribution in [0.15, 0.2) is 18.2 Å². The lowest BCUT2D eigenvalue weighted by Crippen LogP contribution is -2.50. The standard InChI is InChI=1S/C17H23NO2/c1-17(2)12-18(9-10-20-17)16(19)15-8-7-13-5-3-4-6-14(13)11-15/h7-8,11H,3-6,9-10,12H2,1-2H3. The number of carbonyl (C=O) groups excluding carboxylic acids is 1. The molecule has 1 aromatic rings. The fourth-order valence-electron chi connectivity index (χ4n) is 3.24. The molecule has 3 heteroatoms. The Morgan fingerprint density at radius 3 is 2.70 bits per heavy atom. The van der Waals surface area contributed by atoms with E-state index < -0.39 is 0 Å². The SMILES string of the molecule is CC1(C)CN(C(=O)c2ccc3c(c2)CCCC3)CCO1. The number of morpholine rings is 1. The Bertz CT molecular complexity index is 522. The summed E-state index contributed by atoms with van der Waals surface area (Å²) in [5, 5.41) is 0. The van der Waals surface area contributed by atoms with Gasteiger partial charge >= 0.3 is 0 Å². The first-order chi connectivity index (χ1) is 9.55. The summed E-state index contributed by atoms with van der Waals surface area (Å²) in [5.41, 5.74) is 3.40. The maximum Gasteiger partial charge on any atom is 0.254 e. The van der Waals surface area contributed by atoms with Crippen LogP contribution in [-0.2, 0) is 17.6 Å². The van der Waals surface area contributed by atoms with Crippen LogP contribution in [0.1, 0.15) is 48.2 Å². The molecule has 3 nitrogen and oxygen atoms in total. The maximum atomic E-state index is 12.6. The summed E-state index contributed by atoms with van der Waals surface area (Å²) in [4.78, 5) is 14.6. The summed E-state index contributed by atoms with van der Waals surface area (Å²) >= 11 is 0. The van der Waals surface area contributed by atoms with Gasteiger partial charge in [-0.3, -0.25) is 4.79 Å². The molecule has 0 spiro atoms. The number of fused-ring (bicyclic) bond motifs is 1. The van der Waals surface area contributed by atoms with Crippen LogP contribution >= 0.6 is 0 Å². The van der Waals surface area contributed by atoms with Crippen molar-refractivity contribution in [3.63, 3.8) is 0 Å². The van der Waals surface area contributed by atoms with Crippen molar-refractivity contribution < 1.29 is 9.53 Å². The molecule has 1 saturated heterocycles. The molecule has 108 valence electrons. The van der Waals surface area contributed by atoms with Crippen molar-refractivity contribution in [2.24, 2.45) is 0 Å². The van der Waals surface area contributed by atoms with Gasteiger partial charge in [0, 0.05) is 18.7 Å². The van der Waals surface area contributed by atoms with Gasteiger partial charge in [-0.25, -0.2) is 0 Å². The van der Waals surface area contributed by atoms with Crippen LogP contribution in [0.4, 0.5) is 0 Å². The van der Waals surface area contributed by atoms with Gasteiger partial charge < -0.3 is 9.64 Å². The molecule has 0 radical (unpaired) electrons. The first-order valence-corrected chi connectivity index (χ1v) is 7.60. The Hall–Kier alpha value is -1.35. The lowest BCUT2D eigenvalue weighted by atomic mass is 9.90. The van der Waals surface area contributed by atoms with Gasteiger partial charge in [0.15, 0.2) is 0 Å². The van der Waals surface area contributed by atoms with Crippen molar-refractivity contribution in [1.29, 1.82) is 0 Å². The molecule has 1 amide bonds. The molecule has 0 N–H and O–H groups in total. The summed E-state index contributed by atoms with van der Waals surface area (Å²) in [5.74, 6) is 0.148. The minimum Gasteiger partial charge on any atom is -0.372 e. The number of ether oxygens (including phenoxy) is 1. The third-order valence-electron chi connectivity index (χ3n) is 4.31. The smallest absolute Gasteiger partial charge is 0.254 e. The number of aryl methyl sites for hydroxylation is 2. The average Bonchev–Trinajstić information content (AvgIpc) is 2.45. The molecule has 0 unspecified atom stereocenters. The number of hydrogen-bond donors (Lipinski definition) is 0.